The molecule has 0 atom stereocenters. The number of ether oxygens (including phenoxy) is 1. The molecule has 0 radical (unpaired) electrons. The second kappa shape index (κ2) is 8.83. The molecule has 0 aliphatic rings. The van der Waals surface area contributed by atoms with Gasteiger partial charge < -0.3 is 4.74 Å². The van der Waals surface area contributed by atoms with Crippen molar-refractivity contribution in [1.82, 2.24) is 5.43 Å². The molecule has 3 aromatic carbocycles. The van der Waals surface area contributed by atoms with Crippen molar-refractivity contribution in [3.8, 4) is 5.75 Å². The van der Waals surface area contributed by atoms with Crippen molar-refractivity contribution in [3.63, 3.8) is 0 Å². The zero-order valence-electron chi connectivity index (χ0n) is 13.9. The van der Waals surface area contributed by atoms with Crippen LogP contribution in [-0.2, 0) is 6.61 Å². The Bertz CT molecular complexity index is 893. The Balaban J connectivity index is 1.65. The number of benzene rings is 3. The highest BCUT2D eigenvalue weighted by molar-refractivity contribution is 6.30. The molecule has 4 nitrogen and oxygen atoms in total. The van der Waals surface area contributed by atoms with E-state index in [9.17, 15) is 4.79 Å². The van der Waals surface area contributed by atoms with Gasteiger partial charge in [-0.2, -0.15) is 5.10 Å². The van der Waals surface area contributed by atoms with Gasteiger partial charge in [-0.1, -0.05) is 66.2 Å². The molecule has 0 bridgehead atoms. The summed E-state index contributed by atoms with van der Waals surface area (Å²) in [5.41, 5.74) is 4.82. The Hall–Kier alpha value is -3.11. The van der Waals surface area contributed by atoms with Crippen LogP contribution in [0.1, 0.15) is 21.5 Å². The molecule has 0 saturated carbocycles. The molecule has 0 aliphatic carbocycles. The first-order valence-corrected chi connectivity index (χ1v) is 8.45. The highest BCUT2D eigenvalue weighted by Gasteiger charge is 2.11. The standard InChI is InChI=1S/C21H17ClN2O2/c22-18-12-10-17(11-13-18)15-26-20-9-5-4-8-19(20)21(25)24-23-14-16-6-2-1-3-7-16/h1-14H,15H2,(H,24,25)/b23-14+. The molecule has 0 heterocycles. The number of rotatable bonds is 6. The third kappa shape index (κ3) is 4.94. The highest BCUT2D eigenvalue weighted by atomic mass is 35.5. The summed E-state index contributed by atoms with van der Waals surface area (Å²) in [6.45, 7) is 0.342. The van der Waals surface area contributed by atoms with Gasteiger partial charge in [-0.3, -0.25) is 4.79 Å². The third-order valence-corrected chi connectivity index (χ3v) is 3.87. The predicted octanol–water partition coefficient (Wildman–Crippen LogP) is 4.68. The molecular weight excluding hydrogens is 348 g/mol. The molecule has 0 aromatic heterocycles. The van der Waals surface area contributed by atoms with Crippen LogP contribution < -0.4 is 10.2 Å². The topological polar surface area (TPSA) is 50.7 Å². The minimum Gasteiger partial charge on any atom is -0.488 e. The van der Waals surface area contributed by atoms with E-state index < -0.39 is 0 Å². The average Bonchev–Trinajstić information content (AvgIpc) is 2.68. The predicted molar refractivity (Wildman–Crippen MR) is 104 cm³/mol. The van der Waals surface area contributed by atoms with E-state index in [2.05, 4.69) is 10.5 Å². The summed E-state index contributed by atoms with van der Waals surface area (Å²) in [6.07, 6.45) is 1.59. The van der Waals surface area contributed by atoms with Crippen molar-refractivity contribution in [1.29, 1.82) is 0 Å². The van der Waals surface area contributed by atoms with Gasteiger partial charge in [0.2, 0.25) is 0 Å². The Kier molecular flexibility index (Phi) is 6.01. The molecule has 0 unspecified atom stereocenters. The first-order valence-electron chi connectivity index (χ1n) is 8.07. The lowest BCUT2D eigenvalue weighted by Gasteiger charge is -2.10. The lowest BCUT2D eigenvalue weighted by molar-refractivity contribution is 0.0950. The van der Waals surface area contributed by atoms with Crippen molar-refractivity contribution in [3.05, 3.63) is 101 Å². The zero-order valence-corrected chi connectivity index (χ0v) is 14.7. The van der Waals surface area contributed by atoms with Gasteiger partial charge in [-0.25, -0.2) is 5.43 Å². The molecule has 3 rings (SSSR count). The maximum absolute atomic E-state index is 12.4. The average molecular weight is 365 g/mol. The van der Waals surface area contributed by atoms with Gasteiger partial charge in [-0.05, 0) is 35.4 Å². The summed E-state index contributed by atoms with van der Waals surface area (Å²) in [5.74, 6) is 0.166. The van der Waals surface area contributed by atoms with Crippen LogP contribution >= 0.6 is 11.6 Å². The van der Waals surface area contributed by atoms with E-state index in [1.54, 1.807) is 36.5 Å². The lowest BCUT2D eigenvalue weighted by atomic mass is 10.2. The summed E-state index contributed by atoms with van der Waals surface area (Å²) in [4.78, 5) is 12.4. The number of carbonyl (C=O) groups is 1. The Morgan fingerprint density at radius 2 is 1.65 bits per heavy atom. The van der Waals surface area contributed by atoms with Crippen LogP contribution in [-0.4, -0.2) is 12.1 Å². The number of para-hydroxylation sites is 1. The quantitative estimate of drug-likeness (QED) is 0.510. The number of hydrogen-bond acceptors (Lipinski definition) is 3. The first-order chi connectivity index (χ1) is 12.7. The Morgan fingerprint density at radius 3 is 2.42 bits per heavy atom. The highest BCUT2D eigenvalue weighted by Crippen LogP contribution is 2.20. The monoisotopic (exact) mass is 364 g/mol. The number of hydrazone groups is 1. The fourth-order valence-corrected chi connectivity index (χ4v) is 2.41. The molecule has 3 aromatic rings. The van der Waals surface area contributed by atoms with Crippen LogP contribution in [0.2, 0.25) is 5.02 Å². The fraction of sp³-hybridized carbons (Fsp3) is 0.0476. The SMILES string of the molecule is O=C(N/N=C/c1ccccc1)c1ccccc1OCc1ccc(Cl)cc1. The first kappa shape index (κ1) is 17.7. The molecule has 0 fully saturated rings. The maximum atomic E-state index is 12.4. The molecule has 0 spiro atoms. The number of nitrogens with one attached hydrogen (secondary N) is 1. The van der Waals surface area contributed by atoms with E-state index in [0.717, 1.165) is 11.1 Å². The van der Waals surface area contributed by atoms with Gasteiger partial charge in [0.1, 0.15) is 12.4 Å². The third-order valence-electron chi connectivity index (χ3n) is 3.62. The van der Waals surface area contributed by atoms with Crippen molar-refractivity contribution in [2.24, 2.45) is 5.10 Å². The molecule has 26 heavy (non-hydrogen) atoms. The second-order valence-corrected chi connectivity index (χ2v) is 5.96. The van der Waals surface area contributed by atoms with Gasteiger partial charge >= 0.3 is 0 Å². The van der Waals surface area contributed by atoms with Gasteiger partial charge in [0.25, 0.3) is 5.91 Å². The number of hydrogen-bond donors (Lipinski definition) is 1. The van der Waals surface area contributed by atoms with E-state index in [0.29, 0.717) is 22.9 Å². The van der Waals surface area contributed by atoms with Crippen molar-refractivity contribution >= 4 is 23.7 Å². The van der Waals surface area contributed by atoms with Crippen LogP contribution in [0.4, 0.5) is 0 Å². The normalized spacial score (nSPS) is 10.7. The van der Waals surface area contributed by atoms with Crippen molar-refractivity contribution < 1.29 is 9.53 Å². The Morgan fingerprint density at radius 1 is 0.962 bits per heavy atom. The van der Waals surface area contributed by atoms with Crippen LogP contribution in [0.15, 0.2) is 84.0 Å². The van der Waals surface area contributed by atoms with Crippen LogP contribution in [0, 0.1) is 0 Å². The maximum Gasteiger partial charge on any atom is 0.275 e. The largest absolute Gasteiger partial charge is 0.488 e. The molecule has 0 saturated heterocycles. The molecule has 0 aliphatic heterocycles. The summed E-state index contributed by atoms with van der Waals surface area (Å²) >= 11 is 5.88. The van der Waals surface area contributed by atoms with Gasteiger partial charge in [0.15, 0.2) is 0 Å². The summed E-state index contributed by atoms with van der Waals surface area (Å²) in [5, 5.41) is 4.66. The van der Waals surface area contributed by atoms with Gasteiger partial charge in [0.05, 0.1) is 11.8 Å². The minimum absolute atomic E-state index is 0.330. The molecule has 5 heteroatoms. The van der Waals surface area contributed by atoms with E-state index in [1.807, 2.05) is 48.5 Å². The smallest absolute Gasteiger partial charge is 0.275 e. The van der Waals surface area contributed by atoms with Crippen molar-refractivity contribution in [2.45, 2.75) is 6.61 Å². The summed E-state index contributed by atoms with van der Waals surface area (Å²) in [7, 11) is 0. The summed E-state index contributed by atoms with van der Waals surface area (Å²) < 4.78 is 5.79. The fourth-order valence-electron chi connectivity index (χ4n) is 2.29. The molecule has 130 valence electrons. The van der Waals surface area contributed by atoms with E-state index in [-0.39, 0.29) is 5.91 Å². The molecule has 1 amide bonds. The van der Waals surface area contributed by atoms with Gasteiger partial charge in [-0.15, -0.1) is 0 Å². The number of halogens is 1. The van der Waals surface area contributed by atoms with Gasteiger partial charge in [0, 0.05) is 5.02 Å². The van der Waals surface area contributed by atoms with Crippen LogP contribution in [0.25, 0.3) is 0 Å². The van der Waals surface area contributed by atoms with Crippen molar-refractivity contribution in [2.75, 3.05) is 0 Å². The zero-order chi connectivity index (χ0) is 18.2. The number of amides is 1. The minimum atomic E-state index is -0.330. The van der Waals surface area contributed by atoms with E-state index in [4.69, 9.17) is 16.3 Å². The van der Waals surface area contributed by atoms with Crippen LogP contribution in [0.3, 0.4) is 0 Å². The number of carbonyl (C=O) groups excluding carboxylic acids is 1. The molecular formula is C21H17ClN2O2. The molecule has 1 N–H and O–H groups in total. The lowest BCUT2D eigenvalue weighted by Crippen LogP contribution is -2.18. The van der Waals surface area contributed by atoms with E-state index in [1.165, 1.54) is 0 Å². The van der Waals surface area contributed by atoms with E-state index >= 15 is 0 Å². The van der Waals surface area contributed by atoms with Crippen LogP contribution in [0.5, 0.6) is 5.75 Å². The summed E-state index contributed by atoms with van der Waals surface area (Å²) in [6, 6.07) is 24.0. The number of nitrogens with zero attached hydrogens (tertiary/aromatic N) is 1. The second-order valence-electron chi connectivity index (χ2n) is 5.52. The Labute approximate surface area is 157 Å².